The van der Waals surface area contributed by atoms with E-state index in [4.69, 9.17) is 16.3 Å². The maximum atomic E-state index is 6.30. The molecule has 0 amide bonds. The number of nitrogens with zero attached hydrogens (tertiary/aromatic N) is 5. The first-order valence-electron chi connectivity index (χ1n) is 10.8. The molecule has 2 aromatic heterocycles. The number of likely N-dealkylation sites (N-methyl/N-ethyl adjacent to an activating group) is 1. The van der Waals surface area contributed by atoms with Crippen LogP contribution in [0.3, 0.4) is 0 Å². The number of rotatable bonds is 10. The zero-order valence-corrected chi connectivity index (χ0v) is 20.7. The molecule has 0 atom stereocenters. The van der Waals surface area contributed by atoms with Gasteiger partial charge in [0.15, 0.2) is 11.0 Å². The lowest BCUT2D eigenvalue weighted by Gasteiger charge is -2.16. The van der Waals surface area contributed by atoms with E-state index < -0.39 is 0 Å². The summed E-state index contributed by atoms with van der Waals surface area (Å²) >= 11 is 7.94. The van der Waals surface area contributed by atoms with Crippen LogP contribution in [-0.2, 0) is 12.3 Å². The minimum absolute atomic E-state index is 0.641. The fourth-order valence-corrected chi connectivity index (χ4v) is 4.50. The van der Waals surface area contributed by atoms with E-state index in [0.29, 0.717) is 11.6 Å². The van der Waals surface area contributed by atoms with E-state index in [1.165, 1.54) is 5.56 Å². The molecular weight excluding hydrogens is 466 g/mol. The first-order chi connectivity index (χ1) is 16.6. The second-order valence-electron chi connectivity index (χ2n) is 7.73. The first kappa shape index (κ1) is 24.0. The minimum Gasteiger partial charge on any atom is -0.497 e. The predicted octanol–water partition coefficient (Wildman–Crippen LogP) is 5.76. The molecule has 0 aliphatic heterocycles. The van der Waals surface area contributed by atoms with Crippen LogP contribution < -0.4 is 4.74 Å². The smallest absolute Gasteiger partial charge is 0.196 e. The Bertz CT molecular complexity index is 1230. The quantitative estimate of drug-likeness (QED) is 0.263. The predicted molar refractivity (Wildman–Crippen MR) is 139 cm³/mol. The molecule has 0 bridgehead atoms. The van der Waals surface area contributed by atoms with Crippen LogP contribution in [0, 0.1) is 0 Å². The lowest BCUT2D eigenvalue weighted by molar-refractivity contribution is 0.350. The van der Waals surface area contributed by atoms with Crippen LogP contribution in [0.25, 0.3) is 11.8 Å². The van der Waals surface area contributed by atoms with Crippen LogP contribution in [0.5, 0.6) is 5.75 Å². The summed E-state index contributed by atoms with van der Waals surface area (Å²) in [6, 6.07) is 19.8. The summed E-state index contributed by atoms with van der Waals surface area (Å²) in [4.78, 5) is 6.29. The van der Waals surface area contributed by atoms with Gasteiger partial charge in [0.1, 0.15) is 5.75 Å². The van der Waals surface area contributed by atoms with Crippen LogP contribution in [0.1, 0.15) is 17.0 Å². The first-order valence-corrected chi connectivity index (χ1v) is 12.2. The largest absolute Gasteiger partial charge is 0.497 e. The molecule has 0 aliphatic rings. The zero-order chi connectivity index (χ0) is 23.8. The van der Waals surface area contributed by atoms with Crippen molar-refractivity contribution in [2.24, 2.45) is 0 Å². The van der Waals surface area contributed by atoms with E-state index in [1.807, 2.05) is 60.7 Å². The van der Waals surface area contributed by atoms with Gasteiger partial charge < -0.3 is 4.74 Å². The van der Waals surface area contributed by atoms with Gasteiger partial charge in [-0.2, -0.15) is 0 Å². The lowest BCUT2D eigenvalue weighted by atomic mass is 10.2. The van der Waals surface area contributed by atoms with Gasteiger partial charge in [-0.15, -0.1) is 10.2 Å². The summed E-state index contributed by atoms with van der Waals surface area (Å²) in [5.41, 5.74) is 3.26. The Balaban J connectivity index is 1.48. The minimum atomic E-state index is 0.641. The Hall–Kier alpha value is -3.13. The van der Waals surface area contributed by atoms with E-state index in [0.717, 1.165) is 40.3 Å². The Morgan fingerprint density at radius 2 is 1.85 bits per heavy atom. The Labute approximate surface area is 209 Å². The molecule has 0 saturated heterocycles. The van der Waals surface area contributed by atoms with Crippen molar-refractivity contribution in [3.05, 3.63) is 101 Å². The molecular formula is C26H26ClN5OS. The van der Waals surface area contributed by atoms with Crippen molar-refractivity contribution in [3.63, 3.8) is 0 Å². The second kappa shape index (κ2) is 11.8. The normalized spacial score (nSPS) is 11.4. The standard InChI is InChI=1S/C26H26ClN5OS/c1-31(16-4-5-20-8-10-24(33-2)11-9-20)18-25-29-30-26(34-19-21-12-14-28-15-13-21)32(25)23-7-3-6-22(27)17-23/h3-15,17H,16,18-19H2,1-2H3. The van der Waals surface area contributed by atoms with Crippen molar-refractivity contribution in [1.82, 2.24) is 24.6 Å². The SMILES string of the molecule is COc1ccc(C=CCN(C)Cc2nnc(SCc3ccncc3)n2-c2cccc(Cl)c2)cc1. The van der Waals surface area contributed by atoms with Crippen molar-refractivity contribution in [3.8, 4) is 11.4 Å². The van der Waals surface area contributed by atoms with Crippen LogP contribution in [0.2, 0.25) is 5.02 Å². The van der Waals surface area contributed by atoms with E-state index in [1.54, 1.807) is 31.3 Å². The van der Waals surface area contributed by atoms with Gasteiger partial charge in [0.05, 0.1) is 19.3 Å². The number of pyridine rings is 1. The maximum absolute atomic E-state index is 6.30. The van der Waals surface area contributed by atoms with Crippen molar-refractivity contribution in [2.75, 3.05) is 20.7 Å². The number of aromatic nitrogens is 4. The Morgan fingerprint density at radius 3 is 2.59 bits per heavy atom. The van der Waals surface area contributed by atoms with Gasteiger partial charge in [0.25, 0.3) is 0 Å². The van der Waals surface area contributed by atoms with Crippen LogP contribution in [-0.4, -0.2) is 45.4 Å². The molecule has 0 radical (unpaired) electrons. The molecule has 174 valence electrons. The lowest BCUT2D eigenvalue weighted by Crippen LogP contribution is -2.20. The molecule has 0 unspecified atom stereocenters. The summed E-state index contributed by atoms with van der Waals surface area (Å²) in [5, 5.41) is 10.5. The number of thioether (sulfide) groups is 1. The topological polar surface area (TPSA) is 56.1 Å². The molecule has 2 heterocycles. The molecule has 34 heavy (non-hydrogen) atoms. The third-order valence-electron chi connectivity index (χ3n) is 5.14. The van der Waals surface area contributed by atoms with Gasteiger partial charge in [-0.05, 0) is 60.6 Å². The van der Waals surface area contributed by atoms with E-state index in [-0.39, 0.29) is 0 Å². The maximum Gasteiger partial charge on any atom is 0.196 e. The average molecular weight is 492 g/mol. The number of methoxy groups -OCH3 is 1. The van der Waals surface area contributed by atoms with E-state index in [9.17, 15) is 0 Å². The molecule has 0 N–H and O–H groups in total. The molecule has 0 fully saturated rings. The van der Waals surface area contributed by atoms with E-state index in [2.05, 4.69) is 43.8 Å². The fraction of sp³-hybridized carbons (Fsp3) is 0.192. The van der Waals surface area contributed by atoms with Gasteiger partial charge in [-0.1, -0.05) is 53.7 Å². The summed E-state index contributed by atoms with van der Waals surface area (Å²) in [7, 11) is 3.74. The molecule has 6 nitrogen and oxygen atoms in total. The number of ether oxygens (including phenoxy) is 1. The molecule has 0 saturated carbocycles. The molecule has 2 aromatic carbocycles. The summed E-state index contributed by atoms with van der Waals surface area (Å²) in [6.07, 6.45) is 7.85. The Morgan fingerprint density at radius 1 is 1.06 bits per heavy atom. The summed E-state index contributed by atoms with van der Waals surface area (Å²) < 4.78 is 7.30. The van der Waals surface area contributed by atoms with Gasteiger partial charge in [-0.3, -0.25) is 14.5 Å². The van der Waals surface area contributed by atoms with Crippen molar-refractivity contribution < 1.29 is 4.74 Å². The van der Waals surface area contributed by atoms with Gasteiger partial charge >= 0.3 is 0 Å². The van der Waals surface area contributed by atoms with Crippen molar-refractivity contribution in [2.45, 2.75) is 17.5 Å². The highest BCUT2D eigenvalue weighted by Gasteiger charge is 2.16. The third kappa shape index (κ3) is 6.47. The number of hydrogen-bond acceptors (Lipinski definition) is 6. The van der Waals surface area contributed by atoms with Crippen LogP contribution in [0.4, 0.5) is 0 Å². The fourth-order valence-electron chi connectivity index (χ4n) is 3.39. The van der Waals surface area contributed by atoms with Gasteiger partial charge in [0, 0.05) is 29.7 Å². The highest BCUT2D eigenvalue weighted by molar-refractivity contribution is 7.98. The van der Waals surface area contributed by atoms with Gasteiger partial charge in [0.2, 0.25) is 0 Å². The van der Waals surface area contributed by atoms with Crippen molar-refractivity contribution in [1.29, 1.82) is 0 Å². The zero-order valence-electron chi connectivity index (χ0n) is 19.1. The van der Waals surface area contributed by atoms with Crippen molar-refractivity contribution >= 4 is 29.4 Å². The van der Waals surface area contributed by atoms with Crippen LogP contribution in [0.15, 0.2) is 84.3 Å². The van der Waals surface area contributed by atoms with Gasteiger partial charge in [-0.25, -0.2) is 0 Å². The summed E-state index contributed by atoms with van der Waals surface area (Å²) in [6.45, 7) is 1.41. The highest BCUT2D eigenvalue weighted by atomic mass is 35.5. The molecule has 0 aliphatic carbocycles. The van der Waals surface area contributed by atoms with E-state index >= 15 is 0 Å². The highest BCUT2D eigenvalue weighted by Crippen LogP contribution is 2.27. The second-order valence-corrected chi connectivity index (χ2v) is 9.11. The number of benzene rings is 2. The average Bonchev–Trinajstić information content (AvgIpc) is 3.26. The molecule has 4 aromatic rings. The number of hydrogen-bond donors (Lipinski definition) is 0. The molecule has 4 rings (SSSR count). The third-order valence-corrected chi connectivity index (χ3v) is 6.37. The number of halogens is 1. The Kier molecular flexibility index (Phi) is 8.36. The monoisotopic (exact) mass is 491 g/mol. The molecule has 0 spiro atoms. The molecule has 8 heteroatoms. The van der Waals surface area contributed by atoms with Crippen LogP contribution >= 0.6 is 23.4 Å². The summed E-state index contributed by atoms with van der Waals surface area (Å²) in [5.74, 6) is 2.49.